The van der Waals surface area contributed by atoms with Gasteiger partial charge in [-0.25, -0.2) is 13.1 Å². The van der Waals surface area contributed by atoms with Crippen molar-refractivity contribution >= 4 is 16.0 Å². The van der Waals surface area contributed by atoms with E-state index in [0.29, 0.717) is 5.41 Å². The van der Waals surface area contributed by atoms with E-state index in [1.54, 1.807) is 13.8 Å². The Morgan fingerprint density at radius 1 is 1.33 bits per heavy atom. The van der Waals surface area contributed by atoms with Crippen molar-refractivity contribution in [1.29, 1.82) is 0 Å². The van der Waals surface area contributed by atoms with Crippen molar-refractivity contribution in [1.82, 2.24) is 4.72 Å². The summed E-state index contributed by atoms with van der Waals surface area (Å²) in [5.74, 6) is -0.642. The quantitative estimate of drug-likeness (QED) is 0.761. The first-order valence-corrected chi connectivity index (χ1v) is 7.93. The van der Waals surface area contributed by atoms with Crippen LogP contribution in [0.2, 0.25) is 0 Å². The van der Waals surface area contributed by atoms with E-state index in [1.165, 1.54) is 7.11 Å². The van der Waals surface area contributed by atoms with Gasteiger partial charge in [0.15, 0.2) is 0 Å². The average molecular weight is 275 g/mol. The van der Waals surface area contributed by atoms with Gasteiger partial charge in [-0.3, -0.25) is 4.79 Å². The summed E-state index contributed by atoms with van der Waals surface area (Å²) in [6.45, 7) is 3.60. The van der Waals surface area contributed by atoms with Crippen LogP contribution < -0.4 is 4.72 Å². The van der Waals surface area contributed by atoms with E-state index in [9.17, 15) is 13.2 Å². The van der Waals surface area contributed by atoms with Crippen LogP contribution >= 0.6 is 0 Å². The minimum Gasteiger partial charge on any atom is -0.468 e. The van der Waals surface area contributed by atoms with Crippen LogP contribution in [0.1, 0.15) is 39.5 Å². The molecule has 1 atom stereocenters. The Morgan fingerprint density at radius 3 is 2.28 bits per heavy atom. The number of hydrogen-bond donors (Lipinski definition) is 1. The molecule has 2 saturated carbocycles. The molecule has 0 aromatic carbocycles. The summed E-state index contributed by atoms with van der Waals surface area (Å²) in [5, 5.41) is -0.328. The summed E-state index contributed by atoms with van der Waals surface area (Å²) in [7, 11) is -2.13. The molecule has 0 bridgehead atoms. The van der Waals surface area contributed by atoms with Gasteiger partial charge in [-0.2, -0.15) is 0 Å². The third-order valence-corrected chi connectivity index (χ3v) is 5.92. The summed E-state index contributed by atoms with van der Waals surface area (Å²) in [6.07, 6.45) is 3.80. The summed E-state index contributed by atoms with van der Waals surface area (Å²) in [5.41, 5.74) is 0.331. The number of carbonyl (C=O) groups excluding carboxylic acids is 1. The van der Waals surface area contributed by atoms with Gasteiger partial charge < -0.3 is 4.74 Å². The van der Waals surface area contributed by atoms with E-state index in [-0.39, 0.29) is 11.2 Å². The van der Waals surface area contributed by atoms with Gasteiger partial charge in [0.1, 0.15) is 6.04 Å². The van der Waals surface area contributed by atoms with Crippen LogP contribution in [0.25, 0.3) is 0 Å². The zero-order valence-corrected chi connectivity index (χ0v) is 11.9. The normalized spacial score (nSPS) is 23.8. The van der Waals surface area contributed by atoms with E-state index in [0.717, 1.165) is 25.7 Å². The molecule has 1 N–H and O–H groups in total. The predicted octanol–water partition coefficient (Wildman–Crippen LogP) is 1.05. The summed E-state index contributed by atoms with van der Waals surface area (Å²) in [6, 6.07) is -0.782. The fourth-order valence-electron chi connectivity index (χ4n) is 2.57. The van der Waals surface area contributed by atoms with Gasteiger partial charge in [0.2, 0.25) is 10.0 Å². The maximum atomic E-state index is 12.1. The lowest BCUT2D eigenvalue weighted by Gasteiger charge is -2.36. The lowest BCUT2D eigenvalue weighted by Crippen LogP contribution is -2.51. The molecule has 0 unspecified atom stereocenters. The van der Waals surface area contributed by atoms with Gasteiger partial charge in [0, 0.05) is 0 Å². The van der Waals surface area contributed by atoms with Crippen LogP contribution in [0.4, 0.5) is 0 Å². The van der Waals surface area contributed by atoms with Crippen molar-refractivity contribution in [3.8, 4) is 0 Å². The van der Waals surface area contributed by atoms with Crippen LogP contribution in [0.5, 0.6) is 0 Å². The monoisotopic (exact) mass is 275 g/mol. The van der Waals surface area contributed by atoms with Crippen LogP contribution in [0, 0.1) is 11.3 Å². The van der Waals surface area contributed by atoms with Gasteiger partial charge in [0.05, 0.1) is 12.4 Å². The molecule has 0 aromatic heterocycles. The Labute approximate surface area is 108 Å². The molecule has 18 heavy (non-hydrogen) atoms. The van der Waals surface area contributed by atoms with E-state index >= 15 is 0 Å². The second-order valence-corrected chi connectivity index (χ2v) is 7.93. The van der Waals surface area contributed by atoms with Crippen molar-refractivity contribution in [2.45, 2.75) is 50.8 Å². The molecule has 1 spiro atoms. The average Bonchev–Trinajstić information content (AvgIpc) is 3.02. The Kier molecular flexibility index (Phi) is 3.44. The minimum atomic E-state index is -3.40. The molecule has 104 valence electrons. The molecule has 2 aliphatic carbocycles. The van der Waals surface area contributed by atoms with Crippen LogP contribution in [0.15, 0.2) is 0 Å². The molecule has 0 aliphatic heterocycles. The molecule has 2 aliphatic rings. The number of nitrogens with one attached hydrogen (secondary N) is 1. The number of esters is 1. The Bertz CT molecular complexity index is 431. The van der Waals surface area contributed by atoms with Crippen LogP contribution in [-0.4, -0.2) is 32.8 Å². The number of sulfonamides is 1. The van der Waals surface area contributed by atoms with Crippen LogP contribution in [0.3, 0.4) is 0 Å². The lowest BCUT2D eigenvalue weighted by molar-refractivity contribution is -0.143. The molecule has 2 rings (SSSR count). The highest BCUT2D eigenvalue weighted by Crippen LogP contribution is 2.62. The topological polar surface area (TPSA) is 72.5 Å². The highest BCUT2D eigenvalue weighted by Gasteiger charge is 2.57. The first-order chi connectivity index (χ1) is 8.30. The van der Waals surface area contributed by atoms with Crippen molar-refractivity contribution in [2.24, 2.45) is 11.3 Å². The second kappa shape index (κ2) is 4.49. The van der Waals surface area contributed by atoms with Gasteiger partial charge in [-0.05, 0) is 37.0 Å². The van der Waals surface area contributed by atoms with E-state index in [2.05, 4.69) is 9.46 Å². The number of carbonyl (C=O) groups is 1. The molecule has 6 heteroatoms. The van der Waals surface area contributed by atoms with E-state index < -0.39 is 22.0 Å². The highest BCUT2D eigenvalue weighted by atomic mass is 32.2. The SMILES string of the molecule is COC(=O)[C@@H](NS(=O)(=O)C1CC2(CC2)C1)C(C)C. The van der Waals surface area contributed by atoms with Crippen LogP contribution in [-0.2, 0) is 19.6 Å². The Balaban J connectivity index is 1.99. The first-order valence-electron chi connectivity index (χ1n) is 6.39. The predicted molar refractivity (Wildman–Crippen MR) is 67.4 cm³/mol. The third kappa shape index (κ3) is 2.54. The fraction of sp³-hybridized carbons (Fsp3) is 0.917. The number of rotatable bonds is 5. The summed E-state index contributed by atoms with van der Waals surface area (Å²) >= 11 is 0. The van der Waals surface area contributed by atoms with Gasteiger partial charge in [-0.1, -0.05) is 13.8 Å². The fourth-order valence-corrected chi connectivity index (χ4v) is 4.63. The van der Waals surface area contributed by atoms with Crippen molar-refractivity contribution < 1.29 is 17.9 Å². The van der Waals surface area contributed by atoms with E-state index in [4.69, 9.17) is 0 Å². The lowest BCUT2D eigenvalue weighted by atomic mass is 9.81. The van der Waals surface area contributed by atoms with Gasteiger partial charge in [-0.15, -0.1) is 0 Å². The minimum absolute atomic E-state index is 0.123. The molecule has 5 nitrogen and oxygen atoms in total. The molecular formula is C12H21NO4S. The molecular weight excluding hydrogens is 254 g/mol. The molecule has 0 heterocycles. The molecule has 0 amide bonds. The van der Waals surface area contributed by atoms with Crippen molar-refractivity contribution in [3.05, 3.63) is 0 Å². The number of hydrogen-bond acceptors (Lipinski definition) is 4. The molecule has 0 radical (unpaired) electrons. The molecule has 2 fully saturated rings. The number of ether oxygens (including phenoxy) is 1. The molecule has 0 saturated heterocycles. The zero-order chi connectivity index (χ0) is 13.6. The zero-order valence-electron chi connectivity index (χ0n) is 11.1. The maximum absolute atomic E-state index is 12.1. The Morgan fingerprint density at radius 2 is 1.89 bits per heavy atom. The summed E-state index contributed by atoms with van der Waals surface area (Å²) < 4.78 is 31.4. The molecule has 0 aromatic rings. The third-order valence-electron chi connectivity index (χ3n) is 4.13. The largest absolute Gasteiger partial charge is 0.468 e. The number of methoxy groups -OCH3 is 1. The smallest absolute Gasteiger partial charge is 0.324 e. The van der Waals surface area contributed by atoms with E-state index in [1.807, 2.05) is 0 Å². The van der Waals surface area contributed by atoms with Gasteiger partial charge in [0.25, 0.3) is 0 Å². The first kappa shape index (κ1) is 13.8. The highest BCUT2D eigenvalue weighted by molar-refractivity contribution is 7.90. The summed E-state index contributed by atoms with van der Waals surface area (Å²) in [4.78, 5) is 11.6. The van der Waals surface area contributed by atoms with Crippen molar-refractivity contribution in [2.75, 3.05) is 7.11 Å². The van der Waals surface area contributed by atoms with Crippen molar-refractivity contribution in [3.63, 3.8) is 0 Å². The second-order valence-electron chi connectivity index (χ2n) is 5.94. The standard InChI is InChI=1S/C12H21NO4S/c1-8(2)10(11(14)17-3)13-18(15,16)9-6-12(7-9)4-5-12/h8-10,13H,4-7H2,1-3H3/t10-/m0/s1. The Hall–Kier alpha value is -0.620. The maximum Gasteiger partial charge on any atom is 0.324 e. The van der Waals surface area contributed by atoms with Gasteiger partial charge >= 0.3 is 5.97 Å².